The SMILES string of the molecule is CCOC(CNC(=O)Cc1ccccc1F)OCC. The van der Waals surface area contributed by atoms with Crippen molar-refractivity contribution in [1.82, 2.24) is 5.32 Å². The molecule has 1 aromatic rings. The van der Waals surface area contributed by atoms with Gasteiger partial charge >= 0.3 is 0 Å². The molecule has 19 heavy (non-hydrogen) atoms. The summed E-state index contributed by atoms with van der Waals surface area (Å²) in [6.45, 7) is 4.98. The first-order chi connectivity index (χ1) is 9.17. The monoisotopic (exact) mass is 269 g/mol. The Bertz CT molecular complexity index is 392. The lowest BCUT2D eigenvalue weighted by atomic mass is 10.1. The van der Waals surface area contributed by atoms with Crippen LogP contribution >= 0.6 is 0 Å². The lowest BCUT2D eigenvalue weighted by Gasteiger charge is -2.17. The largest absolute Gasteiger partial charge is 0.351 e. The molecule has 1 amide bonds. The molecule has 0 aromatic heterocycles. The highest BCUT2D eigenvalue weighted by Gasteiger charge is 2.11. The number of hydrogen-bond acceptors (Lipinski definition) is 3. The Balaban J connectivity index is 2.40. The highest BCUT2D eigenvalue weighted by atomic mass is 19.1. The van der Waals surface area contributed by atoms with Crippen LogP contribution in [0.25, 0.3) is 0 Å². The molecule has 0 saturated carbocycles. The molecule has 0 heterocycles. The van der Waals surface area contributed by atoms with Crippen molar-refractivity contribution < 1.29 is 18.7 Å². The Labute approximate surface area is 112 Å². The number of carbonyl (C=O) groups excluding carboxylic acids is 1. The molecule has 0 fully saturated rings. The standard InChI is InChI=1S/C14H20FNO3/c1-3-18-14(19-4-2)10-16-13(17)9-11-7-5-6-8-12(11)15/h5-8,14H,3-4,9-10H2,1-2H3,(H,16,17). The van der Waals surface area contributed by atoms with Gasteiger partial charge in [0, 0.05) is 13.2 Å². The van der Waals surface area contributed by atoms with Crippen molar-refractivity contribution >= 4 is 5.91 Å². The summed E-state index contributed by atoms with van der Waals surface area (Å²) in [5.41, 5.74) is 0.379. The summed E-state index contributed by atoms with van der Waals surface area (Å²) in [6, 6.07) is 6.23. The van der Waals surface area contributed by atoms with Crippen molar-refractivity contribution in [2.75, 3.05) is 19.8 Å². The first-order valence-electron chi connectivity index (χ1n) is 6.40. The zero-order valence-electron chi connectivity index (χ0n) is 11.3. The lowest BCUT2D eigenvalue weighted by molar-refractivity contribution is -0.140. The van der Waals surface area contributed by atoms with Gasteiger partial charge in [0.2, 0.25) is 5.91 Å². The molecule has 106 valence electrons. The van der Waals surface area contributed by atoms with Crippen LogP contribution in [-0.4, -0.2) is 32.0 Å². The molecule has 0 unspecified atom stereocenters. The van der Waals surface area contributed by atoms with E-state index in [0.29, 0.717) is 18.8 Å². The predicted molar refractivity (Wildman–Crippen MR) is 70.2 cm³/mol. The first kappa shape index (κ1) is 15.6. The average Bonchev–Trinajstić information content (AvgIpc) is 2.39. The molecule has 1 N–H and O–H groups in total. The Hall–Kier alpha value is -1.46. The van der Waals surface area contributed by atoms with Gasteiger partial charge in [0.25, 0.3) is 0 Å². The van der Waals surface area contributed by atoms with Crippen molar-refractivity contribution in [2.45, 2.75) is 26.6 Å². The fraction of sp³-hybridized carbons (Fsp3) is 0.500. The highest BCUT2D eigenvalue weighted by Crippen LogP contribution is 2.06. The van der Waals surface area contributed by atoms with Crippen LogP contribution in [0.3, 0.4) is 0 Å². The van der Waals surface area contributed by atoms with Crippen LogP contribution in [0, 0.1) is 5.82 Å². The molecule has 1 rings (SSSR count). The molecular formula is C14H20FNO3. The fourth-order valence-corrected chi connectivity index (χ4v) is 1.61. The third kappa shape index (κ3) is 5.81. The third-order valence-electron chi connectivity index (χ3n) is 2.48. The van der Waals surface area contributed by atoms with Crippen molar-refractivity contribution in [3.63, 3.8) is 0 Å². The molecule has 0 aliphatic heterocycles. The number of amides is 1. The molecule has 1 aromatic carbocycles. The van der Waals surface area contributed by atoms with Crippen LogP contribution < -0.4 is 5.32 Å². The van der Waals surface area contributed by atoms with E-state index >= 15 is 0 Å². The molecule has 0 aliphatic carbocycles. The van der Waals surface area contributed by atoms with Gasteiger partial charge in [-0.3, -0.25) is 4.79 Å². The van der Waals surface area contributed by atoms with Crippen molar-refractivity contribution in [1.29, 1.82) is 0 Å². The zero-order valence-corrected chi connectivity index (χ0v) is 11.3. The summed E-state index contributed by atoms with van der Waals surface area (Å²) < 4.78 is 24.0. The molecule has 5 heteroatoms. The van der Waals surface area contributed by atoms with Gasteiger partial charge in [-0.15, -0.1) is 0 Å². The van der Waals surface area contributed by atoms with Gasteiger partial charge in [-0.05, 0) is 25.5 Å². The summed E-state index contributed by atoms with van der Waals surface area (Å²) in [5.74, 6) is -0.627. The topological polar surface area (TPSA) is 47.6 Å². The minimum absolute atomic E-state index is 0.0116. The summed E-state index contributed by atoms with van der Waals surface area (Å²) in [4.78, 5) is 11.7. The van der Waals surface area contributed by atoms with Crippen molar-refractivity contribution in [3.05, 3.63) is 35.6 Å². The molecule has 0 spiro atoms. The van der Waals surface area contributed by atoms with Gasteiger partial charge in [-0.1, -0.05) is 18.2 Å². The third-order valence-corrected chi connectivity index (χ3v) is 2.48. The Morgan fingerprint density at radius 3 is 2.47 bits per heavy atom. The van der Waals surface area contributed by atoms with Gasteiger partial charge in [-0.25, -0.2) is 4.39 Å². The smallest absolute Gasteiger partial charge is 0.224 e. The molecule has 0 radical (unpaired) electrons. The molecule has 0 saturated heterocycles. The average molecular weight is 269 g/mol. The summed E-state index contributed by atoms with van der Waals surface area (Å²) in [7, 11) is 0. The second-order valence-corrected chi connectivity index (χ2v) is 3.91. The Kier molecular flexibility index (Phi) is 7.07. The minimum Gasteiger partial charge on any atom is -0.351 e. The maximum Gasteiger partial charge on any atom is 0.224 e. The highest BCUT2D eigenvalue weighted by molar-refractivity contribution is 5.78. The van der Waals surface area contributed by atoms with E-state index in [4.69, 9.17) is 9.47 Å². The van der Waals surface area contributed by atoms with E-state index in [2.05, 4.69) is 5.32 Å². The number of rotatable bonds is 8. The number of ether oxygens (including phenoxy) is 2. The van der Waals surface area contributed by atoms with Gasteiger partial charge in [0.05, 0.1) is 13.0 Å². The van der Waals surface area contributed by atoms with Crippen LogP contribution in [0.2, 0.25) is 0 Å². The number of halogens is 1. The van der Waals surface area contributed by atoms with E-state index in [0.717, 1.165) is 0 Å². The van der Waals surface area contributed by atoms with Gasteiger partial charge in [-0.2, -0.15) is 0 Å². The second-order valence-electron chi connectivity index (χ2n) is 3.91. The Morgan fingerprint density at radius 1 is 1.26 bits per heavy atom. The van der Waals surface area contributed by atoms with E-state index in [9.17, 15) is 9.18 Å². The molecular weight excluding hydrogens is 249 g/mol. The lowest BCUT2D eigenvalue weighted by Crippen LogP contribution is -2.36. The first-order valence-corrected chi connectivity index (χ1v) is 6.40. The van der Waals surface area contributed by atoms with Crippen LogP contribution in [0.1, 0.15) is 19.4 Å². The maximum absolute atomic E-state index is 13.4. The molecule has 0 bridgehead atoms. The minimum atomic E-state index is -0.459. The molecule has 4 nitrogen and oxygen atoms in total. The van der Waals surface area contributed by atoms with E-state index in [1.165, 1.54) is 6.07 Å². The fourth-order valence-electron chi connectivity index (χ4n) is 1.61. The Morgan fingerprint density at radius 2 is 1.89 bits per heavy atom. The number of hydrogen-bond donors (Lipinski definition) is 1. The quantitative estimate of drug-likeness (QED) is 0.733. The van der Waals surface area contributed by atoms with Crippen LogP contribution in [0.5, 0.6) is 0 Å². The maximum atomic E-state index is 13.4. The summed E-state index contributed by atoms with van der Waals surface area (Å²) >= 11 is 0. The summed E-state index contributed by atoms with van der Waals surface area (Å²) in [5, 5.41) is 2.67. The summed E-state index contributed by atoms with van der Waals surface area (Å²) in [6.07, 6.45) is -0.447. The van der Waals surface area contributed by atoms with Crippen LogP contribution in [0.15, 0.2) is 24.3 Å². The second kappa shape index (κ2) is 8.61. The van der Waals surface area contributed by atoms with E-state index in [-0.39, 0.29) is 24.7 Å². The van der Waals surface area contributed by atoms with Gasteiger partial charge in [0.15, 0.2) is 6.29 Å². The number of benzene rings is 1. The van der Waals surface area contributed by atoms with E-state index in [1.807, 2.05) is 13.8 Å². The van der Waals surface area contributed by atoms with Crippen LogP contribution in [-0.2, 0) is 20.7 Å². The van der Waals surface area contributed by atoms with E-state index in [1.54, 1.807) is 18.2 Å². The zero-order chi connectivity index (χ0) is 14.1. The van der Waals surface area contributed by atoms with Crippen molar-refractivity contribution in [3.8, 4) is 0 Å². The van der Waals surface area contributed by atoms with E-state index < -0.39 is 6.29 Å². The van der Waals surface area contributed by atoms with Gasteiger partial charge in [0.1, 0.15) is 5.82 Å². The van der Waals surface area contributed by atoms with Crippen molar-refractivity contribution in [2.24, 2.45) is 0 Å². The molecule has 0 atom stereocenters. The normalized spacial score (nSPS) is 10.7. The van der Waals surface area contributed by atoms with Crippen LogP contribution in [0.4, 0.5) is 4.39 Å². The molecule has 0 aliphatic rings. The van der Waals surface area contributed by atoms with Gasteiger partial charge < -0.3 is 14.8 Å². The number of nitrogens with one attached hydrogen (secondary N) is 1. The predicted octanol–water partition coefficient (Wildman–Crippen LogP) is 1.88. The number of carbonyl (C=O) groups is 1.